The molecule has 0 aliphatic rings. The lowest BCUT2D eigenvalue weighted by molar-refractivity contribution is -0.167. The summed E-state index contributed by atoms with van der Waals surface area (Å²) in [6, 6.07) is 0. The molecule has 0 aromatic heterocycles. The van der Waals surface area contributed by atoms with Crippen LogP contribution in [-0.2, 0) is 28.6 Å². The Labute approximate surface area is 483 Å². The fourth-order valence-corrected chi connectivity index (χ4v) is 9.36. The number of esters is 3. The molecule has 0 fully saturated rings. The smallest absolute Gasteiger partial charge is 0.306 e. The van der Waals surface area contributed by atoms with Crippen LogP contribution in [0.5, 0.6) is 0 Å². The number of rotatable bonds is 60. The van der Waals surface area contributed by atoms with E-state index in [1.165, 1.54) is 167 Å². The van der Waals surface area contributed by atoms with Gasteiger partial charge in [0.2, 0.25) is 0 Å². The number of carbonyl (C=O) groups is 3. The highest BCUT2D eigenvalue weighted by molar-refractivity contribution is 5.71. The van der Waals surface area contributed by atoms with E-state index in [1.54, 1.807) is 0 Å². The number of hydrogen-bond donors (Lipinski definition) is 0. The van der Waals surface area contributed by atoms with E-state index in [4.69, 9.17) is 14.2 Å². The van der Waals surface area contributed by atoms with Crippen LogP contribution in [0.1, 0.15) is 323 Å². The zero-order chi connectivity index (χ0) is 56.4. The number of carbonyl (C=O) groups excluding carboxylic acids is 3. The first kappa shape index (κ1) is 74.3. The minimum atomic E-state index is -0.782. The lowest BCUT2D eigenvalue weighted by Gasteiger charge is -2.18. The standard InChI is InChI=1S/C72H124O6/c1-4-7-10-13-16-19-22-25-28-29-30-31-32-33-34-35-36-37-38-39-40-41-42-43-45-47-50-53-56-59-62-65-71(74)77-68-69(67-76-70(73)64-61-58-55-52-49-46-27-24-21-18-15-12-9-6-3)78-72(75)66-63-60-57-54-51-48-44-26-23-20-17-14-11-8-5-2/h7,10,16,19,24-25,27-28,30-31,33-34,36-37,39-40,69H,4-6,8-9,11-15,17-18,20-23,26,29,32,35,38,41-68H2,1-3H3/b10-7-,19-16-,27-24-,28-25-,31-30-,34-33-,37-36-,40-39-. The van der Waals surface area contributed by atoms with Crippen molar-refractivity contribution in [3.8, 4) is 0 Å². The van der Waals surface area contributed by atoms with E-state index in [-0.39, 0.29) is 31.1 Å². The van der Waals surface area contributed by atoms with Gasteiger partial charge in [0.25, 0.3) is 0 Å². The lowest BCUT2D eigenvalue weighted by Crippen LogP contribution is -2.30. The maximum atomic E-state index is 12.9. The summed E-state index contributed by atoms with van der Waals surface area (Å²) in [6.45, 7) is 6.54. The van der Waals surface area contributed by atoms with E-state index in [9.17, 15) is 14.4 Å². The molecule has 0 radical (unpaired) electrons. The first-order valence-corrected chi connectivity index (χ1v) is 33.2. The SMILES string of the molecule is CC/C=C\C/C=C\C/C=C\C/C=C\C/C=C\C/C=C\C/C=C\CCCCCCCCCCCC(=O)OCC(COC(=O)CCCCCCC/C=C\CCCCCCC)OC(=O)CCCCCCCCCCCCCCCCC. The molecule has 1 atom stereocenters. The predicted octanol–water partition coefficient (Wildman–Crippen LogP) is 22.8. The van der Waals surface area contributed by atoms with E-state index in [0.717, 1.165) is 116 Å². The summed E-state index contributed by atoms with van der Waals surface area (Å²) < 4.78 is 16.9. The highest BCUT2D eigenvalue weighted by Gasteiger charge is 2.19. The maximum Gasteiger partial charge on any atom is 0.306 e. The Hall–Kier alpha value is -3.67. The van der Waals surface area contributed by atoms with Crippen molar-refractivity contribution in [3.63, 3.8) is 0 Å². The van der Waals surface area contributed by atoms with Crippen LogP contribution in [0.15, 0.2) is 97.2 Å². The minimum Gasteiger partial charge on any atom is -0.462 e. The summed E-state index contributed by atoms with van der Waals surface area (Å²) in [5.41, 5.74) is 0. The molecule has 0 rings (SSSR count). The van der Waals surface area contributed by atoms with E-state index in [0.29, 0.717) is 19.3 Å². The van der Waals surface area contributed by atoms with Gasteiger partial charge in [-0.3, -0.25) is 14.4 Å². The van der Waals surface area contributed by atoms with Gasteiger partial charge >= 0.3 is 17.9 Å². The van der Waals surface area contributed by atoms with Gasteiger partial charge in [0.15, 0.2) is 6.10 Å². The quantitative estimate of drug-likeness (QED) is 0.0261. The van der Waals surface area contributed by atoms with Gasteiger partial charge in [0.1, 0.15) is 13.2 Å². The van der Waals surface area contributed by atoms with Crippen LogP contribution in [0.3, 0.4) is 0 Å². The van der Waals surface area contributed by atoms with Crippen LogP contribution >= 0.6 is 0 Å². The average molecular weight is 1090 g/mol. The largest absolute Gasteiger partial charge is 0.462 e. The molecule has 0 N–H and O–H groups in total. The predicted molar refractivity (Wildman–Crippen MR) is 339 cm³/mol. The van der Waals surface area contributed by atoms with Crippen LogP contribution in [0, 0.1) is 0 Å². The molecule has 0 bridgehead atoms. The van der Waals surface area contributed by atoms with Crippen molar-refractivity contribution in [2.24, 2.45) is 0 Å². The van der Waals surface area contributed by atoms with Gasteiger partial charge in [0, 0.05) is 19.3 Å². The van der Waals surface area contributed by atoms with Crippen LogP contribution in [0.4, 0.5) is 0 Å². The molecule has 0 amide bonds. The van der Waals surface area contributed by atoms with Crippen LogP contribution in [0.2, 0.25) is 0 Å². The second kappa shape index (κ2) is 65.8. The molecule has 0 spiro atoms. The Morgan fingerprint density at radius 1 is 0.269 bits per heavy atom. The summed E-state index contributed by atoms with van der Waals surface area (Å²) in [4.78, 5) is 38.3. The summed E-state index contributed by atoms with van der Waals surface area (Å²) in [7, 11) is 0. The van der Waals surface area contributed by atoms with Gasteiger partial charge < -0.3 is 14.2 Å². The molecular formula is C72H124O6. The molecule has 0 saturated heterocycles. The van der Waals surface area contributed by atoms with Crippen LogP contribution in [0.25, 0.3) is 0 Å². The van der Waals surface area contributed by atoms with Gasteiger partial charge in [-0.15, -0.1) is 0 Å². The third-order valence-electron chi connectivity index (χ3n) is 14.3. The molecule has 78 heavy (non-hydrogen) atoms. The first-order valence-electron chi connectivity index (χ1n) is 33.2. The number of unbranched alkanes of at least 4 members (excludes halogenated alkanes) is 33. The molecular weight excluding hydrogens is 961 g/mol. The lowest BCUT2D eigenvalue weighted by atomic mass is 10.0. The van der Waals surface area contributed by atoms with Crippen LogP contribution in [-0.4, -0.2) is 37.2 Å². The molecule has 448 valence electrons. The Morgan fingerprint density at radius 3 is 0.795 bits per heavy atom. The average Bonchev–Trinajstić information content (AvgIpc) is 3.44. The normalized spacial score (nSPS) is 12.7. The zero-order valence-electron chi connectivity index (χ0n) is 51.4. The molecule has 0 aromatic rings. The van der Waals surface area contributed by atoms with E-state index >= 15 is 0 Å². The van der Waals surface area contributed by atoms with Crippen molar-refractivity contribution in [1.82, 2.24) is 0 Å². The summed E-state index contributed by atoms with van der Waals surface area (Å²) in [6.07, 6.45) is 88.4. The summed E-state index contributed by atoms with van der Waals surface area (Å²) in [5, 5.41) is 0. The van der Waals surface area contributed by atoms with Gasteiger partial charge in [-0.2, -0.15) is 0 Å². The van der Waals surface area contributed by atoms with Crippen molar-refractivity contribution < 1.29 is 28.6 Å². The topological polar surface area (TPSA) is 78.9 Å². The van der Waals surface area contributed by atoms with Gasteiger partial charge in [-0.25, -0.2) is 0 Å². The molecule has 6 nitrogen and oxygen atoms in total. The molecule has 0 saturated carbocycles. The molecule has 0 aromatic carbocycles. The number of ether oxygens (including phenoxy) is 3. The zero-order valence-corrected chi connectivity index (χ0v) is 51.4. The van der Waals surface area contributed by atoms with Gasteiger partial charge in [-0.1, -0.05) is 298 Å². The third kappa shape index (κ3) is 63.2. The molecule has 1 unspecified atom stereocenters. The molecule has 6 heteroatoms. The summed E-state index contributed by atoms with van der Waals surface area (Å²) >= 11 is 0. The molecule has 0 aliphatic heterocycles. The second-order valence-corrected chi connectivity index (χ2v) is 22.0. The maximum absolute atomic E-state index is 12.9. The van der Waals surface area contributed by atoms with E-state index in [2.05, 4.69) is 118 Å². The van der Waals surface area contributed by atoms with E-state index < -0.39 is 6.10 Å². The molecule has 0 aliphatic carbocycles. The van der Waals surface area contributed by atoms with Crippen molar-refractivity contribution in [1.29, 1.82) is 0 Å². The van der Waals surface area contributed by atoms with Crippen molar-refractivity contribution in [2.45, 2.75) is 329 Å². The van der Waals surface area contributed by atoms with Crippen molar-refractivity contribution >= 4 is 17.9 Å². The summed E-state index contributed by atoms with van der Waals surface area (Å²) in [5.74, 6) is -0.880. The second-order valence-electron chi connectivity index (χ2n) is 22.0. The van der Waals surface area contributed by atoms with Gasteiger partial charge in [0.05, 0.1) is 0 Å². The van der Waals surface area contributed by atoms with Gasteiger partial charge in [-0.05, 0) is 103 Å². The monoisotopic (exact) mass is 1080 g/mol. The Bertz CT molecular complexity index is 1530. The van der Waals surface area contributed by atoms with Crippen molar-refractivity contribution in [2.75, 3.05) is 13.2 Å². The number of hydrogen-bond acceptors (Lipinski definition) is 6. The van der Waals surface area contributed by atoms with Crippen molar-refractivity contribution in [3.05, 3.63) is 97.2 Å². The Morgan fingerprint density at radius 2 is 0.500 bits per heavy atom. The van der Waals surface area contributed by atoms with Crippen LogP contribution < -0.4 is 0 Å². The number of allylic oxidation sites excluding steroid dienone is 16. The fraction of sp³-hybridized carbons (Fsp3) is 0.736. The first-order chi connectivity index (χ1) is 38.5. The highest BCUT2D eigenvalue weighted by Crippen LogP contribution is 2.17. The fourth-order valence-electron chi connectivity index (χ4n) is 9.36. The molecule has 0 heterocycles. The Balaban J connectivity index is 4.27. The van der Waals surface area contributed by atoms with E-state index in [1.807, 2.05) is 0 Å². The highest BCUT2D eigenvalue weighted by atomic mass is 16.6. The Kier molecular flexibility index (Phi) is 62.7. The minimum absolute atomic E-state index is 0.0799. The third-order valence-corrected chi connectivity index (χ3v) is 14.3.